The van der Waals surface area contributed by atoms with Crippen LogP contribution >= 0.6 is 0 Å². The number of carbonyl (C=O) groups is 1. The smallest absolute Gasteiger partial charge is 0.241 e. The lowest BCUT2D eigenvalue weighted by Gasteiger charge is -2.25. The number of methoxy groups -OCH3 is 1. The van der Waals surface area contributed by atoms with Crippen LogP contribution in [0.4, 0.5) is 5.69 Å². The van der Waals surface area contributed by atoms with Crippen LogP contribution in [0.5, 0.6) is 5.75 Å². The molecule has 164 valence electrons. The Morgan fingerprint density at radius 3 is 2.10 bits per heavy atom. The molecular formula is C23H32N2O4S. The third-order valence-electron chi connectivity index (χ3n) is 4.88. The van der Waals surface area contributed by atoms with Crippen molar-refractivity contribution < 1.29 is 17.9 Å². The SMILES string of the molecule is COc1ccc(S(=O)(=O)NC(c2ccc(C(C)(C)C)cc2)C(C)C)cc1NC(C)=O. The van der Waals surface area contributed by atoms with Crippen molar-refractivity contribution in [2.45, 2.75) is 57.9 Å². The van der Waals surface area contributed by atoms with E-state index in [0.717, 1.165) is 5.56 Å². The van der Waals surface area contributed by atoms with Crippen molar-refractivity contribution in [3.05, 3.63) is 53.6 Å². The minimum atomic E-state index is -3.83. The van der Waals surface area contributed by atoms with Gasteiger partial charge in [0.25, 0.3) is 0 Å². The number of rotatable bonds is 7. The maximum atomic E-state index is 13.1. The van der Waals surface area contributed by atoms with E-state index in [4.69, 9.17) is 4.74 Å². The molecule has 1 amide bonds. The Hall–Kier alpha value is -2.38. The van der Waals surface area contributed by atoms with E-state index >= 15 is 0 Å². The van der Waals surface area contributed by atoms with Gasteiger partial charge in [-0.15, -0.1) is 0 Å². The molecular weight excluding hydrogens is 400 g/mol. The number of hydrogen-bond acceptors (Lipinski definition) is 4. The van der Waals surface area contributed by atoms with Gasteiger partial charge in [0.15, 0.2) is 0 Å². The highest BCUT2D eigenvalue weighted by Gasteiger charge is 2.25. The minimum absolute atomic E-state index is 0.0224. The molecule has 0 aliphatic carbocycles. The number of benzene rings is 2. The zero-order chi connectivity index (χ0) is 22.7. The number of nitrogens with one attached hydrogen (secondary N) is 2. The first-order valence-electron chi connectivity index (χ1n) is 9.93. The van der Waals surface area contributed by atoms with Gasteiger partial charge >= 0.3 is 0 Å². The molecule has 2 N–H and O–H groups in total. The normalized spacial score (nSPS) is 13.2. The van der Waals surface area contributed by atoms with Crippen molar-refractivity contribution in [2.24, 2.45) is 5.92 Å². The lowest BCUT2D eigenvalue weighted by Crippen LogP contribution is -2.32. The molecule has 7 heteroatoms. The zero-order valence-electron chi connectivity index (χ0n) is 18.7. The summed E-state index contributed by atoms with van der Waals surface area (Å²) < 4.78 is 34.3. The molecule has 2 aromatic rings. The Balaban J connectivity index is 2.38. The quantitative estimate of drug-likeness (QED) is 0.668. The molecule has 0 saturated heterocycles. The first-order valence-corrected chi connectivity index (χ1v) is 11.4. The summed E-state index contributed by atoms with van der Waals surface area (Å²) in [7, 11) is -2.37. The van der Waals surface area contributed by atoms with Crippen LogP contribution in [0.15, 0.2) is 47.4 Å². The maximum absolute atomic E-state index is 13.1. The van der Waals surface area contributed by atoms with Crippen molar-refractivity contribution in [3.63, 3.8) is 0 Å². The molecule has 0 aliphatic rings. The van der Waals surface area contributed by atoms with E-state index < -0.39 is 16.1 Å². The molecule has 0 fully saturated rings. The summed E-state index contributed by atoms with van der Waals surface area (Å²) in [5, 5.41) is 2.61. The molecule has 6 nitrogen and oxygen atoms in total. The fraction of sp³-hybridized carbons (Fsp3) is 0.435. The van der Waals surface area contributed by atoms with Crippen molar-refractivity contribution in [3.8, 4) is 5.75 Å². The molecule has 0 aromatic heterocycles. The van der Waals surface area contributed by atoms with Crippen molar-refractivity contribution in [1.29, 1.82) is 0 Å². The van der Waals surface area contributed by atoms with Gasteiger partial charge in [0, 0.05) is 13.0 Å². The summed E-state index contributed by atoms with van der Waals surface area (Å²) in [4.78, 5) is 11.5. The molecule has 0 bridgehead atoms. The average molecular weight is 433 g/mol. The summed E-state index contributed by atoms with van der Waals surface area (Å²) in [5.41, 5.74) is 2.42. The largest absolute Gasteiger partial charge is 0.495 e. The first kappa shape index (κ1) is 23.9. The van der Waals surface area contributed by atoms with Crippen LogP contribution in [-0.4, -0.2) is 21.4 Å². The second-order valence-corrected chi connectivity index (χ2v) is 10.5. The fourth-order valence-corrected chi connectivity index (χ4v) is 4.56. The second kappa shape index (κ2) is 9.18. The lowest BCUT2D eigenvalue weighted by molar-refractivity contribution is -0.114. The van der Waals surface area contributed by atoms with Gasteiger partial charge in [-0.1, -0.05) is 58.9 Å². The van der Waals surface area contributed by atoms with E-state index in [1.807, 2.05) is 38.1 Å². The maximum Gasteiger partial charge on any atom is 0.241 e. The van der Waals surface area contributed by atoms with Gasteiger partial charge in [0.05, 0.1) is 17.7 Å². The van der Waals surface area contributed by atoms with Gasteiger partial charge in [0.1, 0.15) is 5.75 Å². The van der Waals surface area contributed by atoms with Crippen LogP contribution in [0.3, 0.4) is 0 Å². The number of anilines is 1. The van der Waals surface area contributed by atoms with Gasteiger partial charge in [-0.05, 0) is 40.7 Å². The van der Waals surface area contributed by atoms with E-state index in [9.17, 15) is 13.2 Å². The topological polar surface area (TPSA) is 84.5 Å². The van der Waals surface area contributed by atoms with Crippen molar-refractivity contribution in [1.82, 2.24) is 4.72 Å². The Labute approximate surface area is 180 Å². The molecule has 0 heterocycles. The lowest BCUT2D eigenvalue weighted by atomic mass is 9.85. The van der Waals surface area contributed by atoms with Crippen LogP contribution in [0.1, 0.15) is 58.7 Å². The third-order valence-corrected chi connectivity index (χ3v) is 6.32. The average Bonchev–Trinajstić information content (AvgIpc) is 2.65. The fourth-order valence-electron chi connectivity index (χ4n) is 3.16. The van der Waals surface area contributed by atoms with Crippen LogP contribution < -0.4 is 14.8 Å². The van der Waals surface area contributed by atoms with Crippen molar-refractivity contribution in [2.75, 3.05) is 12.4 Å². The zero-order valence-corrected chi connectivity index (χ0v) is 19.6. The Morgan fingerprint density at radius 1 is 1.03 bits per heavy atom. The van der Waals surface area contributed by atoms with Crippen LogP contribution in [0.2, 0.25) is 0 Å². The van der Waals surface area contributed by atoms with Gasteiger partial charge < -0.3 is 10.1 Å². The van der Waals surface area contributed by atoms with Gasteiger partial charge in [-0.3, -0.25) is 4.79 Å². The molecule has 1 atom stereocenters. The predicted molar refractivity (Wildman–Crippen MR) is 120 cm³/mol. The molecule has 30 heavy (non-hydrogen) atoms. The number of amides is 1. The van der Waals surface area contributed by atoms with E-state index in [1.165, 1.54) is 37.8 Å². The molecule has 1 unspecified atom stereocenters. The molecule has 0 spiro atoms. The first-order chi connectivity index (χ1) is 13.8. The number of carbonyl (C=O) groups excluding carboxylic acids is 1. The summed E-state index contributed by atoms with van der Waals surface area (Å²) in [6.45, 7) is 11.7. The van der Waals surface area contributed by atoms with Crippen LogP contribution in [0, 0.1) is 5.92 Å². The molecule has 0 radical (unpaired) electrons. The summed E-state index contributed by atoms with van der Waals surface area (Å²) >= 11 is 0. The Kier molecular flexibility index (Phi) is 7.31. The molecule has 0 aliphatic heterocycles. The second-order valence-electron chi connectivity index (χ2n) is 8.76. The number of sulfonamides is 1. The summed E-state index contributed by atoms with van der Waals surface area (Å²) in [5.74, 6) is 0.116. The van der Waals surface area contributed by atoms with Gasteiger partial charge in [-0.25, -0.2) is 13.1 Å². The molecule has 2 aromatic carbocycles. The summed E-state index contributed by atoms with van der Waals surface area (Å²) in [6, 6.07) is 12.0. The minimum Gasteiger partial charge on any atom is -0.495 e. The van der Waals surface area contributed by atoms with E-state index in [-0.39, 0.29) is 22.1 Å². The Morgan fingerprint density at radius 2 is 1.63 bits per heavy atom. The summed E-state index contributed by atoms with van der Waals surface area (Å²) in [6.07, 6.45) is 0. The van der Waals surface area contributed by atoms with E-state index in [0.29, 0.717) is 11.4 Å². The molecule has 0 saturated carbocycles. The van der Waals surface area contributed by atoms with Crippen molar-refractivity contribution >= 4 is 21.6 Å². The Bertz CT molecular complexity index is 991. The molecule has 2 rings (SSSR count). The predicted octanol–water partition coefficient (Wildman–Crippen LogP) is 4.63. The van der Waals surface area contributed by atoms with E-state index in [1.54, 1.807) is 0 Å². The number of hydrogen-bond donors (Lipinski definition) is 2. The highest BCUT2D eigenvalue weighted by atomic mass is 32.2. The monoisotopic (exact) mass is 432 g/mol. The van der Waals surface area contributed by atoms with Gasteiger partial charge in [-0.2, -0.15) is 0 Å². The standard InChI is InChI=1S/C23H32N2O4S/c1-15(2)22(17-8-10-18(11-9-17)23(4,5)6)25-30(27,28)19-12-13-21(29-7)20(14-19)24-16(3)26/h8-15,22,25H,1-7H3,(H,24,26). The van der Waals surface area contributed by atoms with Crippen LogP contribution in [0.25, 0.3) is 0 Å². The van der Waals surface area contributed by atoms with Gasteiger partial charge in [0.2, 0.25) is 15.9 Å². The highest BCUT2D eigenvalue weighted by Crippen LogP contribution is 2.31. The number of ether oxygens (including phenoxy) is 1. The van der Waals surface area contributed by atoms with E-state index in [2.05, 4.69) is 30.8 Å². The van der Waals surface area contributed by atoms with Crippen LogP contribution in [-0.2, 0) is 20.2 Å². The highest BCUT2D eigenvalue weighted by molar-refractivity contribution is 7.89. The third kappa shape index (κ3) is 5.83.